The molecule has 0 radical (unpaired) electrons. The molecule has 0 aliphatic rings. The van der Waals surface area contributed by atoms with E-state index in [9.17, 15) is 18.4 Å². The lowest BCUT2D eigenvalue weighted by molar-refractivity contribution is -0.119. The smallest absolute Gasteiger partial charge is 0.238 e. The van der Waals surface area contributed by atoms with Gasteiger partial charge in [0.15, 0.2) is 0 Å². The summed E-state index contributed by atoms with van der Waals surface area (Å²) in [6.07, 6.45) is 0. The van der Waals surface area contributed by atoms with Gasteiger partial charge in [0.2, 0.25) is 11.8 Å². The molecule has 0 aromatic heterocycles. The second-order valence-electron chi connectivity index (χ2n) is 5.73. The molecule has 7 heteroatoms. The largest absolute Gasteiger partial charge is 0.325 e. The van der Waals surface area contributed by atoms with Crippen molar-refractivity contribution in [3.8, 4) is 0 Å². The van der Waals surface area contributed by atoms with Gasteiger partial charge in [-0.05, 0) is 55.9 Å². The third kappa shape index (κ3) is 5.96. The predicted molar refractivity (Wildman–Crippen MR) is 92.3 cm³/mol. The van der Waals surface area contributed by atoms with E-state index in [4.69, 9.17) is 0 Å². The minimum absolute atomic E-state index is 0.0209. The summed E-state index contributed by atoms with van der Waals surface area (Å²) in [4.78, 5) is 25.5. The lowest BCUT2D eigenvalue weighted by atomic mass is 10.2. The first kappa shape index (κ1) is 18.5. The first-order chi connectivity index (χ1) is 11.8. The number of likely N-dealkylation sites (N-methyl/N-ethyl adjacent to an activating group) is 1. The zero-order valence-electron chi connectivity index (χ0n) is 14.0. The Morgan fingerprint density at radius 1 is 0.920 bits per heavy atom. The van der Waals surface area contributed by atoms with Gasteiger partial charge in [0.05, 0.1) is 13.1 Å². The molecule has 25 heavy (non-hydrogen) atoms. The van der Waals surface area contributed by atoms with E-state index in [0.717, 1.165) is 5.56 Å². The fourth-order valence-electron chi connectivity index (χ4n) is 2.20. The topological polar surface area (TPSA) is 61.4 Å². The van der Waals surface area contributed by atoms with Crippen molar-refractivity contribution in [2.45, 2.75) is 6.92 Å². The van der Waals surface area contributed by atoms with E-state index in [1.54, 1.807) is 20.0 Å². The molecule has 5 nitrogen and oxygen atoms in total. The van der Waals surface area contributed by atoms with Crippen molar-refractivity contribution in [1.29, 1.82) is 0 Å². The highest BCUT2D eigenvalue weighted by atomic mass is 19.1. The number of halogens is 2. The Labute approximate surface area is 144 Å². The number of benzene rings is 2. The van der Waals surface area contributed by atoms with Crippen LogP contribution in [0, 0.1) is 18.6 Å². The summed E-state index contributed by atoms with van der Waals surface area (Å²) in [6.45, 7) is 1.70. The van der Waals surface area contributed by atoms with Gasteiger partial charge in [-0.25, -0.2) is 8.78 Å². The van der Waals surface area contributed by atoms with Crippen LogP contribution in [0.2, 0.25) is 0 Å². The van der Waals surface area contributed by atoms with E-state index in [0.29, 0.717) is 11.4 Å². The fourth-order valence-corrected chi connectivity index (χ4v) is 2.20. The molecule has 2 aromatic carbocycles. The number of nitrogens with zero attached hydrogens (tertiary/aromatic N) is 1. The Balaban J connectivity index is 1.83. The maximum atomic E-state index is 13.2. The molecule has 0 atom stereocenters. The van der Waals surface area contributed by atoms with Crippen LogP contribution in [0.4, 0.5) is 20.2 Å². The summed E-state index contributed by atoms with van der Waals surface area (Å²) in [5.74, 6) is -1.51. The van der Waals surface area contributed by atoms with Gasteiger partial charge in [0, 0.05) is 11.4 Å². The maximum Gasteiger partial charge on any atom is 0.238 e. The summed E-state index contributed by atoms with van der Waals surface area (Å²) in [6, 6.07) is 9.53. The van der Waals surface area contributed by atoms with Gasteiger partial charge in [0.1, 0.15) is 11.6 Å². The van der Waals surface area contributed by atoms with E-state index in [-0.39, 0.29) is 30.7 Å². The number of rotatable bonds is 6. The standard InChI is InChI=1S/C18H19F2N3O2/c1-12-3-4-14(20)9-16(12)22-18(25)11-23(2)10-17(24)21-15-7-5-13(19)6-8-15/h3-9H,10-11H2,1-2H3,(H,21,24)(H,22,25). The van der Waals surface area contributed by atoms with Gasteiger partial charge >= 0.3 is 0 Å². The molecule has 2 amide bonds. The molecule has 132 valence electrons. The lowest BCUT2D eigenvalue weighted by Gasteiger charge is -2.16. The molecule has 0 spiro atoms. The molecular weight excluding hydrogens is 328 g/mol. The van der Waals surface area contributed by atoms with E-state index < -0.39 is 5.82 Å². The van der Waals surface area contributed by atoms with Crippen LogP contribution in [0.3, 0.4) is 0 Å². The van der Waals surface area contributed by atoms with Crippen molar-refractivity contribution < 1.29 is 18.4 Å². The molecular formula is C18H19F2N3O2. The number of carbonyl (C=O) groups excluding carboxylic acids is 2. The summed E-state index contributed by atoms with van der Waals surface area (Å²) in [5, 5.41) is 5.23. The summed E-state index contributed by atoms with van der Waals surface area (Å²) in [5.41, 5.74) is 1.61. The number of amides is 2. The summed E-state index contributed by atoms with van der Waals surface area (Å²) in [7, 11) is 1.61. The minimum atomic E-state index is -0.437. The third-order valence-electron chi connectivity index (χ3n) is 3.43. The Morgan fingerprint density at radius 3 is 2.12 bits per heavy atom. The van der Waals surface area contributed by atoms with Crippen LogP contribution in [0.1, 0.15) is 5.56 Å². The molecule has 0 heterocycles. The van der Waals surface area contributed by atoms with Gasteiger partial charge in [-0.3, -0.25) is 14.5 Å². The second kappa shape index (κ2) is 8.34. The molecule has 0 aliphatic heterocycles. The average Bonchev–Trinajstić information content (AvgIpc) is 2.52. The van der Waals surface area contributed by atoms with E-state index in [1.165, 1.54) is 41.3 Å². The lowest BCUT2D eigenvalue weighted by Crippen LogP contribution is -2.36. The Hall–Kier alpha value is -2.80. The van der Waals surface area contributed by atoms with Crippen molar-refractivity contribution in [3.63, 3.8) is 0 Å². The zero-order valence-corrected chi connectivity index (χ0v) is 14.0. The molecule has 0 aliphatic carbocycles. The van der Waals surface area contributed by atoms with Crippen molar-refractivity contribution >= 4 is 23.2 Å². The monoisotopic (exact) mass is 347 g/mol. The fraction of sp³-hybridized carbons (Fsp3) is 0.222. The molecule has 0 saturated heterocycles. The van der Waals surface area contributed by atoms with Crippen LogP contribution in [0.5, 0.6) is 0 Å². The molecule has 0 bridgehead atoms. The molecule has 2 aromatic rings. The number of hydrogen-bond acceptors (Lipinski definition) is 3. The van der Waals surface area contributed by atoms with Gasteiger partial charge in [-0.1, -0.05) is 6.07 Å². The van der Waals surface area contributed by atoms with Gasteiger partial charge in [-0.15, -0.1) is 0 Å². The zero-order chi connectivity index (χ0) is 18.4. The summed E-state index contributed by atoms with van der Waals surface area (Å²) < 4.78 is 26.0. The molecule has 2 N–H and O–H groups in total. The molecule has 0 saturated carbocycles. The van der Waals surface area contributed by atoms with Gasteiger partial charge in [-0.2, -0.15) is 0 Å². The Kier molecular flexibility index (Phi) is 6.19. The van der Waals surface area contributed by atoms with E-state index in [1.807, 2.05) is 0 Å². The minimum Gasteiger partial charge on any atom is -0.325 e. The SMILES string of the molecule is Cc1ccc(F)cc1NC(=O)CN(C)CC(=O)Nc1ccc(F)cc1. The molecule has 0 fully saturated rings. The Morgan fingerprint density at radius 2 is 1.48 bits per heavy atom. The van der Waals surface area contributed by atoms with E-state index >= 15 is 0 Å². The second-order valence-corrected chi connectivity index (χ2v) is 5.73. The highest BCUT2D eigenvalue weighted by molar-refractivity contribution is 5.95. The average molecular weight is 347 g/mol. The predicted octanol–water partition coefficient (Wildman–Crippen LogP) is 2.78. The normalized spacial score (nSPS) is 10.6. The van der Waals surface area contributed by atoms with Crippen LogP contribution in [-0.4, -0.2) is 36.9 Å². The van der Waals surface area contributed by atoms with Gasteiger partial charge in [0.25, 0.3) is 0 Å². The number of anilines is 2. The number of aryl methyl sites for hydroxylation is 1. The van der Waals surface area contributed by atoms with Crippen LogP contribution in [0.15, 0.2) is 42.5 Å². The highest BCUT2D eigenvalue weighted by Gasteiger charge is 2.12. The van der Waals surface area contributed by atoms with Gasteiger partial charge < -0.3 is 10.6 Å². The van der Waals surface area contributed by atoms with Crippen LogP contribution < -0.4 is 10.6 Å². The quantitative estimate of drug-likeness (QED) is 0.845. The van der Waals surface area contributed by atoms with Crippen LogP contribution >= 0.6 is 0 Å². The van der Waals surface area contributed by atoms with Crippen molar-refractivity contribution in [3.05, 3.63) is 59.7 Å². The van der Waals surface area contributed by atoms with Crippen LogP contribution in [-0.2, 0) is 9.59 Å². The molecule has 0 unspecified atom stereocenters. The third-order valence-corrected chi connectivity index (χ3v) is 3.43. The van der Waals surface area contributed by atoms with E-state index in [2.05, 4.69) is 10.6 Å². The summed E-state index contributed by atoms with van der Waals surface area (Å²) >= 11 is 0. The first-order valence-electron chi connectivity index (χ1n) is 7.63. The Bertz CT molecular complexity index is 763. The first-order valence-corrected chi connectivity index (χ1v) is 7.63. The number of hydrogen-bond donors (Lipinski definition) is 2. The van der Waals surface area contributed by atoms with Crippen molar-refractivity contribution in [2.75, 3.05) is 30.8 Å². The molecule has 2 rings (SSSR count). The number of carbonyl (C=O) groups is 2. The maximum absolute atomic E-state index is 13.2. The van der Waals surface area contributed by atoms with Crippen LogP contribution in [0.25, 0.3) is 0 Å². The number of nitrogens with one attached hydrogen (secondary N) is 2. The van der Waals surface area contributed by atoms with Crippen molar-refractivity contribution in [2.24, 2.45) is 0 Å². The highest BCUT2D eigenvalue weighted by Crippen LogP contribution is 2.15. The van der Waals surface area contributed by atoms with Crippen molar-refractivity contribution in [1.82, 2.24) is 4.90 Å².